The number of imide groups is 1. The molecule has 8 nitrogen and oxygen atoms in total. The lowest BCUT2D eigenvalue weighted by atomic mass is 10.0. The summed E-state index contributed by atoms with van der Waals surface area (Å²) in [6, 6.07) is 3.96. The van der Waals surface area contributed by atoms with Crippen LogP contribution in [0.15, 0.2) is 54.3 Å². The van der Waals surface area contributed by atoms with Crippen molar-refractivity contribution in [2.45, 2.75) is 51.7 Å². The standard InChI is InChI=1S/C25H27F2N3O5/c1-4-6-7-20(35-5-2)15(3)25(26,27)24(34)28-13-16-8-9-18-17(12-16)14-30(23(18)33)19-10-11-21(31)29-22(19)32/h4,6-9,12,19H,3,5,10-11,13-14H2,1-2H3,(H,28,34)(H,29,31,32)/b6-4-,20-7+. The zero-order chi connectivity index (χ0) is 25.8. The van der Waals surface area contributed by atoms with Gasteiger partial charge in [0, 0.05) is 25.1 Å². The molecular weight excluding hydrogens is 460 g/mol. The van der Waals surface area contributed by atoms with Crippen LogP contribution in [-0.4, -0.2) is 47.1 Å². The van der Waals surface area contributed by atoms with Crippen LogP contribution in [0.4, 0.5) is 8.78 Å². The van der Waals surface area contributed by atoms with Gasteiger partial charge in [-0.1, -0.05) is 30.9 Å². The predicted molar refractivity (Wildman–Crippen MR) is 123 cm³/mol. The first-order chi connectivity index (χ1) is 16.6. The minimum atomic E-state index is -3.90. The van der Waals surface area contributed by atoms with Crippen molar-refractivity contribution >= 4 is 23.6 Å². The molecule has 3 rings (SSSR count). The highest BCUT2D eigenvalue weighted by atomic mass is 19.3. The summed E-state index contributed by atoms with van der Waals surface area (Å²) >= 11 is 0. The van der Waals surface area contributed by atoms with Crippen molar-refractivity contribution in [3.8, 4) is 0 Å². The number of carbonyl (C=O) groups excluding carboxylic acids is 4. The van der Waals surface area contributed by atoms with Gasteiger partial charge < -0.3 is 15.0 Å². The van der Waals surface area contributed by atoms with Crippen LogP contribution in [0, 0.1) is 0 Å². The fourth-order valence-corrected chi connectivity index (χ4v) is 3.90. The van der Waals surface area contributed by atoms with Crippen LogP contribution in [0.25, 0.3) is 0 Å². The number of amides is 4. The van der Waals surface area contributed by atoms with E-state index in [-0.39, 0.29) is 50.1 Å². The van der Waals surface area contributed by atoms with E-state index in [1.807, 2.05) is 0 Å². The maximum Gasteiger partial charge on any atom is 0.352 e. The third kappa shape index (κ3) is 5.47. The molecule has 186 valence electrons. The van der Waals surface area contributed by atoms with E-state index in [1.54, 1.807) is 32.1 Å². The van der Waals surface area contributed by atoms with Gasteiger partial charge in [0.2, 0.25) is 11.8 Å². The summed E-state index contributed by atoms with van der Waals surface area (Å²) in [5, 5.41) is 4.45. The van der Waals surface area contributed by atoms with Gasteiger partial charge in [-0.3, -0.25) is 24.5 Å². The van der Waals surface area contributed by atoms with E-state index in [2.05, 4.69) is 17.2 Å². The van der Waals surface area contributed by atoms with Crippen molar-refractivity contribution < 1.29 is 32.7 Å². The van der Waals surface area contributed by atoms with Crippen LogP contribution in [-0.2, 0) is 32.2 Å². The Bertz CT molecular complexity index is 1130. The maximum absolute atomic E-state index is 14.7. The summed E-state index contributed by atoms with van der Waals surface area (Å²) in [6.45, 7) is 6.77. The zero-order valence-corrected chi connectivity index (χ0v) is 19.5. The molecule has 4 amide bonds. The summed E-state index contributed by atoms with van der Waals surface area (Å²) < 4.78 is 34.7. The number of piperidine rings is 1. The smallest absolute Gasteiger partial charge is 0.352 e. The normalized spacial score (nSPS) is 18.5. The summed E-state index contributed by atoms with van der Waals surface area (Å²) in [5.74, 6) is -6.86. The number of rotatable bonds is 9. The number of ether oxygens (including phenoxy) is 1. The largest absolute Gasteiger partial charge is 0.493 e. The fraction of sp³-hybridized carbons (Fsp3) is 0.360. The van der Waals surface area contributed by atoms with Gasteiger partial charge >= 0.3 is 5.92 Å². The molecule has 0 aliphatic carbocycles. The molecule has 2 N–H and O–H groups in total. The number of fused-ring (bicyclic) bond motifs is 1. The molecule has 2 aliphatic rings. The average Bonchev–Trinajstić information content (AvgIpc) is 3.15. The lowest BCUT2D eigenvalue weighted by molar-refractivity contribution is -0.141. The number of nitrogens with zero attached hydrogens (tertiary/aromatic N) is 1. The lowest BCUT2D eigenvalue weighted by Gasteiger charge is -2.29. The van der Waals surface area contributed by atoms with E-state index in [4.69, 9.17) is 4.74 Å². The molecule has 1 fully saturated rings. The molecule has 0 bridgehead atoms. The quantitative estimate of drug-likeness (QED) is 0.317. The number of benzene rings is 1. The summed E-state index contributed by atoms with van der Waals surface area (Å²) in [4.78, 5) is 50.0. The SMILES string of the molecule is C=C(/C(=C\C=C/C)OCC)C(F)(F)C(=O)NCc1ccc2c(c1)CN(C1CCC(=O)NC1=O)C2=O. The molecule has 2 heterocycles. The molecule has 0 radical (unpaired) electrons. The highest BCUT2D eigenvalue weighted by Crippen LogP contribution is 2.31. The minimum Gasteiger partial charge on any atom is -0.493 e. The predicted octanol–water partition coefficient (Wildman–Crippen LogP) is 2.75. The number of allylic oxidation sites excluding steroid dienone is 4. The third-order valence-electron chi connectivity index (χ3n) is 5.74. The van der Waals surface area contributed by atoms with E-state index < -0.39 is 29.4 Å². The first-order valence-electron chi connectivity index (χ1n) is 11.2. The van der Waals surface area contributed by atoms with Gasteiger partial charge in [0.05, 0.1) is 12.2 Å². The van der Waals surface area contributed by atoms with E-state index in [9.17, 15) is 28.0 Å². The van der Waals surface area contributed by atoms with Gasteiger partial charge in [-0.05, 0) is 43.5 Å². The van der Waals surface area contributed by atoms with Gasteiger partial charge in [-0.25, -0.2) is 0 Å². The second-order valence-corrected chi connectivity index (χ2v) is 8.12. The van der Waals surface area contributed by atoms with Crippen LogP contribution in [0.3, 0.4) is 0 Å². The molecule has 2 aliphatic heterocycles. The monoisotopic (exact) mass is 487 g/mol. The lowest BCUT2D eigenvalue weighted by Crippen LogP contribution is -2.52. The van der Waals surface area contributed by atoms with Crippen LogP contribution in [0.5, 0.6) is 0 Å². The molecule has 1 unspecified atom stereocenters. The molecule has 35 heavy (non-hydrogen) atoms. The van der Waals surface area contributed by atoms with Crippen LogP contribution < -0.4 is 10.6 Å². The first-order valence-corrected chi connectivity index (χ1v) is 11.2. The van der Waals surface area contributed by atoms with Crippen LogP contribution >= 0.6 is 0 Å². The Kier molecular flexibility index (Phi) is 7.83. The molecular formula is C25H27F2N3O5. The van der Waals surface area contributed by atoms with Crippen molar-refractivity contribution in [2.75, 3.05) is 6.61 Å². The highest BCUT2D eigenvalue weighted by Gasteiger charge is 2.44. The van der Waals surface area contributed by atoms with E-state index in [0.717, 1.165) is 0 Å². The highest BCUT2D eigenvalue weighted by molar-refractivity contribution is 6.05. The maximum atomic E-state index is 14.7. The van der Waals surface area contributed by atoms with Crippen molar-refractivity contribution in [3.63, 3.8) is 0 Å². The Morgan fingerprint density at radius 2 is 2.09 bits per heavy atom. The van der Waals surface area contributed by atoms with E-state index >= 15 is 0 Å². The topological polar surface area (TPSA) is 105 Å². The van der Waals surface area contributed by atoms with Crippen molar-refractivity contribution in [1.82, 2.24) is 15.5 Å². The summed E-state index contributed by atoms with van der Waals surface area (Å²) in [5.41, 5.74) is 0.745. The van der Waals surface area contributed by atoms with Crippen molar-refractivity contribution in [1.29, 1.82) is 0 Å². The molecule has 1 saturated heterocycles. The Balaban J connectivity index is 1.67. The molecule has 1 aromatic rings. The van der Waals surface area contributed by atoms with Gasteiger partial charge in [0.25, 0.3) is 11.8 Å². The van der Waals surface area contributed by atoms with Gasteiger partial charge in [-0.2, -0.15) is 8.78 Å². The second-order valence-electron chi connectivity index (χ2n) is 8.12. The number of hydrogen-bond donors (Lipinski definition) is 2. The Morgan fingerprint density at radius 3 is 2.74 bits per heavy atom. The fourth-order valence-electron chi connectivity index (χ4n) is 3.90. The average molecular weight is 488 g/mol. The molecule has 0 spiro atoms. The molecule has 0 saturated carbocycles. The third-order valence-corrected chi connectivity index (χ3v) is 5.74. The summed E-state index contributed by atoms with van der Waals surface area (Å²) in [7, 11) is 0. The number of halogens is 2. The molecule has 0 aromatic heterocycles. The van der Waals surface area contributed by atoms with E-state index in [1.165, 1.54) is 23.1 Å². The summed E-state index contributed by atoms with van der Waals surface area (Å²) in [6.07, 6.45) is 4.83. The van der Waals surface area contributed by atoms with Crippen LogP contribution in [0.2, 0.25) is 0 Å². The minimum absolute atomic E-state index is 0.129. The first kappa shape index (κ1) is 25.8. The van der Waals surface area contributed by atoms with Gasteiger partial charge in [-0.15, -0.1) is 0 Å². The number of alkyl halides is 2. The molecule has 1 aromatic carbocycles. The molecule has 10 heteroatoms. The van der Waals surface area contributed by atoms with Gasteiger partial charge in [0.1, 0.15) is 11.8 Å². The van der Waals surface area contributed by atoms with E-state index in [0.29, 0.717) is 16.7 Å². The molecule has 1 atom stereocenters. The van der Waals surface area contributed by atoms with Crippen molar-refractivity contribution in [2.24, 2.45) is 0 Å². The number of nitrogens with one attached hydrogen (secondary N) is 2. The second kappa shape index (κ2) is 10.6. The Morgan fingerprint density at radius 1 is 1.34 bits per heavy atom. The Hall–Kier alpha value is -3.82. The number of carbonyl (C=O) groups is 4. The van der Waals surface area contributed by atoms with Crippen molar-refractivity contribution in [3.05, 3.63) is 71.0 Å². The van der Waals surface area contributed by atoms with Crippen LogP contribution in [0.1, 0.15) is 48.2 Å². The number of hydrogen-bond acceptors (Lipinski definition) is 5. The zero-order valence-electron chi connectivity index (χ0n) is 19.5. The van der Waals surface area contributed by atoms with Gasteiger partial charge in [0.15, 0.2) is 0 Å². The Labute approximate surface area is 201 Å².